The van der Waals surface area contributed by atoms with Gasteiger partial charge in [-0.1, -0.05) is 32.0 Å². The van der Waals surface area contributed by atoms with Crippen LogP contribution < -0.4 is 4.90 Å². The Morgan fingerprint density at radius 2 is 1.36 bits per heavy atom. The summed E-state index contributed by atoms with van der Waals surface area (Å²) in [5.74, 6) is -5.62. The Hall–Kier alpha value is -2.32. The normalized spacial score (nSPS) is 16.7. The molecule has 0 radical (unpaired) electrons. The van der Waals surface area contributed by atoms with Crippen molar-refractivity contribution in [3.63, 3.8) is 0 Å². The average molecular weight is 365 g/mol. The van der Waals surface area contributed by atoms with E-state index in [0.29, 0.717) is 11.3 Å². The molecule has 25 heavy (non-hydrogen) atoms. The first-order valence-corrected chi connectivity index (χ1v) is 7.01. The first kappa shape index (κ1) is 19.0. The molecule has 136 valence electrons. The second kappa shape index (κ2) is 5.60. The van der Waals surface area contributed by atoms with Gasteiger partial charge in [-0.15, -0.1) is 0 Å². The van der Waals surface area contributed by atoms with Crippen LogP contribution in [-0.4, -0.2) is 31.0 Å². The van der Waals surface area contributed by atoms with E-state index in [1.165, 1.54) is 33.0 Å². The predicted octanol–water partition coefficient (Wildman–Crippen LogP) is 3.93. The van der Waals surface area contributed by atoms with Crippen molar-refractivity contribution >= 4 is 17.3 Å². The molecule has 0 spiro atoms. The van der Waals surface area contributed by atoms with Gasteiger partial charge in [0, 0.05) is 23.8 Å². The molecule has 1 aromatic carbocycles. The smallest absolute Gasteiger partial charge is 0.346 e. The number of benzene rings is 1. The highest BCUT2D eigenvalue weighted by Gasteiger charge is 2.55. The monoisotopic (exact) mass is 365 g/mol. The Balaban J connectivity index is 2.85. The molecule has 0 saturated heterocycles. The van der Waals surface area contributed by atoms with Crippen molar-refractivity contribution in [2.75, 3.05) is 11.9 Å². The number of ketones is 2. The molecular formula is C16H13F6NO2. The molecule has 1 aromatic rings. The average Bonchev–Trinajstić information content (AvgIpc) is 2.67. The quantitative estimate of drug-likeness (QED) is 0.345. The van der Waals surface area contributed by atoms with Gasteiger partial charge in [0.25, 0.3) is 11.6 Å². The number of hydrogen-bond donors (Lipinski definition) is 0. The summed E-state index contributed by atoms with van der Waals surface area (Å²) in [6.45, 7) is 2.72. The first-order chi connectivity index (χ1) is 11.2. The van der Waals surface area contributed by atoms with Gasteiger partial charge in [0.2, 0.25) is 0 Å². The van der Waals surface area contributed by atoms with Crippen LogP contribution in [0.1, 0.15) is 19.4 Å². The summed E-state index contributed by atoms with van der Waals surface area (Å²) in [5, 5.41) is 0. The number of Topliss-reactive ketones (excluding diaryl/α,β-unsaturated/α-hetero) is 2. The van der Waals surface area contributed by atoms with Crippen LogP contribution in [-0.2, 0) is 15.0 Å². The van der Waals surface area contributed by atoms with Gasteiger partial charge in [-0.2, -0.15) is 26.3 Å². The minimum absolute atomic E-state index is 0.324. The molecule has 2 rings (SSSR count). The number of para-hydroxylation sites is 1. The molecule has 9 heteroatoms. The molecule has 0 amide bonds. The maximum atomic E-state index is 12.9. The molecule has 0 N–H and O–H groups in total. The van der Waals surface area contributed by atoms with Gasteiger partial charge in [0.05, 0.1) is 0 Å². The van der Waals surface area contributed by atoms with Crippen LogP contribution in [0.2, 0.25) is 0 Å². The number of hydrogen-bond acceptors (Lipinski definition) is 3. The maximum absolute atomic E-state index is 12.9. The van der Waals surface area contributed by atoms with Crippen LogP contribution in [0.25, 0.3) is 0 Å². The van der Waals surface area contributed by atoms with E-state index in [4.69, 9.17) is 0 Å². The van der Waals surface area contributed by atoms with Crippen molar-refractivity contribution in [2.45, 2.75) is 31.6 Å². The predicted molar refractivity (Wildman–Crippen MR) is 77.0 cm³/mol. The van der Waals surface area contributed by atoms with Gasteiger partial charge in [-0.25, -0.2) is 0 Å². The van der Waals surface area contributed by atoms with E-state index < -0.39 is 40.6 Å². The lowest BCUT2D eigenvalue weighted by Crippen LogP contribution is -2.40. The lowest BCUT2D eigenvalue weighted by Gasteiger charge is -2.27. The van der Waals surface area contributed by atoms with E-state index in [9.17, 15) is 35.9 Å². The topological polar surface area (TPSA) is 37.4 Å². The molecule has 1 aliphatic rings. The summed E-state index contributed by atoms with van der Waals surface area (Å²) in [4.78, 5) is 24.4. The number of nitrogens with zero attached hydrogens (tertiary/aromatic N) is 1. The highest BCUT2D eigenvalue weighted by molar-refractivity contribution is 6.25. The van der Waals surface area contributed by atoms with E-state index in [1.54, 1.807) is 12.1 Å². The van der Waals surface area contributed by atoms with Crippen LogP contribution in [0.5, 0.6) is 0 Å². The van der Waals surface area contributed by atoms with Crippen LogP contribution >= 0.6 is 0 Å². The molecular weight excluding hydrogens is 352 g/mol. The highest BCUT2D eigenvalue weighted by atomic mass is 19.4. The SMILES string of the molecule is CN1C(=C(C(=O)C(F)(F)F)C(=O)C(F)(F)F)C(C)(C)c2ccccc21. The number of carbonyl (C=O) groups excluding carboxylic acids is 2. The zero-order valence-electron chi connectivity index (χ0n) is 13.3. The molecule has 1 heterocycles. The number of anilines is 1. The molecule has 0 aromatic heterocycles. The molecule has 1 aliphatic heterocycles. The summed E-state index contributed by atoms with van der Waals surface area (Å²) >= 11 is 0. The largest absolute Gasteiger partial charge is 0.455 e. The molecule has 0 saturated carbocycles. The molecule has 0 atom stereocenters. The Morgan fingerprint density at radius 1 is 0.920 bits per heavy atom. The summed E-state index contributed by atoms with van der Waals surface area (Å²) in [6.07, 6.45) is -11.2. The van der Waals surface area contributed by atoms with Gasteiger partial charge in [-0.3, -0.25) is 9.59 Å². The second-order valence-corrected chi connectivity index (χ2v) is 6.08. The number of halogens is 6. The zero-order chi connectivity index (χ0) is 19.4. The van der Waals surface area contributed by atoms with Gasteiger partial charge < -0.3 is 4.90 Å². The van der Waals surface area contributed by atoms with Crippen molar-refractivity contribution in [1.29, 1.82) is 0 Å². The van der Waals surface area contributed by atoms with Crippen LogP contribution in [0.4, 0.5) is 32.0 Å². The number of likely N-dealkylation sites (N-methyl/N-ethyl adjacent to an activating group) is 1. The van der Waals surface area contributed by atoms with E-state index in [0.717, 1.165) is 4.90 Å². The summed E-state index contributed by atoms with van der Waals surface area (Å²) in [6, 6.07) is 6.11. The van der Waals surface area contributed by atoms with Crippen LogP contribution in [0.3, 0.4) is 0 Å². The molecule has 0 bridgehead atoms. The second-order valence-electron chi connectivity index (χ2n) is 6.08. The number of carbonyl (C=O) groups is 2. The number of rotatable bonds is 2. The van der Waals surface area contributed by atoms with E-state index in [-0.39, 0.29) is 0 Å². The molecule has 3 nitrogen and oxygen atoms in total. The van der Waals surface area contributed by atoms with E-state index >= 15 is 0 Å². The highest BCUT2D eigenvalue weighted by Crippen LogP contribution is 2.49. The van der Waals surface area contributed by atoms with Crippen molar-refractivity contribution in [1.82, 2.24) is 0 Å². The maximum Gasteiger partial charge on any atom is 0.455 e. The number of alkyl halides is 6. The fourth-order valence-electron chi connectivity index (χ4n) is 3.04. The summed E-state index contributed by atoms with van der Waals surface area (Å²) in [5.41, 5.74) is -3.19. The van der Waals surface area contributed by atoms with Crippen molar-refractivity contribution in [3.8, 4) is 0 Å². The lowest BCUT2D eigenvalue weighted by atomic mass is 9.80. The van der Waals surface area contributed by atoms with E-state index in [1.807, 2.05) is 0 Å². The van der Waals surface area contributed by atoms with Gasteiger partial charge >= 0.3 is 12.4 Å². The standard InChI is InChI=1S/C16H13F6NO2/c1-14(2)8-6-4-5-7-9(8)23(3)11(14)10(12(24)15(17,18)19)13(25)16(20,21)22/h4-7H,1-3H3. The Labute approximate surface area is 138 Å². The summed E-state index contributed by atoms with van der Waals surface area (Å²) < 4.78 is 77.3. The van der Waals surface area contributed by atoms with Crippen molar-refractivity contribution in [2.24, 2.45) is 0 Å². The minimum Gasteiger partial charge on any atom is -0.346 e. The van der Waals surface area contributed by atoms with Crippen LogP contribution in [0.15, 0.2) is 35.5 Å². The van der Waals surface area contributed by atoms with Gasteiger partial charge in [0.15, 0.2) is 0 Å². The van der Waals surface area contributed by atoms with Gasteiger partial charge in [0.1, 0.15) is 5.57 Å². The third kappa shape index (κ3) is 3.03. The number of fused-ring (bicyclic) bond motifs is 1. The fraction of sp³-hybridized carbons (Fsp3) is 0.375. The molecule has 0 unspecified atom stereocenters. The minimum atomic E-state index is -5.62. The zero-order valence-corrected chi connectivity index (χ0v) is 13.3. The van der Waals surface area contributed by atoms with Crippen LogP contribution in [0, 0.1) is 0 Å². The fourth-order valence-corrected chi connectivity index (χ4v) is 3.04. The Bertz CT molecular complexity index is 746. The molecule has 0 fully saturated rings. The third-order valence-electron chi connectivity index (χ3n) is 4.07. The van der Waals surface area contributed by atoms with Crippen molar-refractivity contribution in [3.05, 3.63) is 41.1 Å². The van der Waals surface area contributed by atoms with Crippen molar-refractivity contribution < 1.29 is 35.9 Å². The Kier molecular flexibility index (Phi) is 4.26. The van der Waals surface area contributed by atoms with E-state index in [2.05, 4.69) is 0 Å². The summed E-state index contributed by atoms with van der Waals surface area (Å²) in [7, 11) is 1.22. The third-order valence-corrected chi connectivity index (χ3v) is 4.07. The lowest BCUT2D eigenvalue weighted by molar-refractivity contribution is -0.175. The number of allylic oxidation sites excluding steroid dienone is 2. The molecule has 0 aliphatic carbocycles. The first-order valence-electron chi connectivity index (χ1n) is 7.01. The van der Waals surface area contributed by atoms with Gasteiger partial charge in [-0.05, 0) is 11.6 Å². The Morgan fingerprint density at radius 3 is 1.76 bits per heavy atom.